The topological polar surface area (TPSA) is 51.0 Å². The molecule has 0 fully saturated rings. The van der Waals surface area contributed by atoms with Crippen LogP contribution in [0.5, 0.6) is 0 Å². The van der Waals surface area contributed by atoms with Crippen molar-refractivity contribution in [1.29, 1.82) is 0 Å². The number of rotatable bonds is 4. The van der Waals surface area contributed by atoms with Crippen LogP contribution in [0.4, 0.5) is 10.2 Å². The van der Waals surface area contributed by atoms with Crippen LogP contribution < -0.4 is 4.90 Å². The second kappa shape index (κ2) is 7.23. The van der Waals surface area contributed by atoms with Crippen molar-refractivity contribution < 1.29 is 9.18 Å². The third kappa shape index (κ3) is 3.27. The van der Waals surface area contributed by atoms with Crippen LogP contribution in [0.2, 0.25) is 0 Å². The molecule has 1 amide bonds. The molecule has 2 heterocycles. The number of aromatic nitrogens is 3. The normalized spacial score (nSPS) is 12.9. The molecule has 1 aliphatic rings. The summed E-state index contributed by atoms with van der Waals surface area (Å²) in [5, 5.41) is 4.61. The lowest BCUT2D eigenvalue weighted by molar-refractivity contribution is 0.0981. The van der Waals surface area contributed by atoms with Gasteiger partial charge in [0.15, 0.2) is 5.69 Å². The minimum Gasteiger partial charge on any atom is -0.292 e. The van der Waals surface area contributed by atoms with Gasteiger partial charge < -0.3 is 0 Å². The van der Waals surface area contributed by atoms with Gasteiger partial charge >= 0.3 is 0 Å². The Kier molecular flexibility index (Phi) is 4.78. The Balaban J connectivity index is 1.75. The molecule has 0 radical (unpaired) electrons. The van der Waals surface area contributed by atoms with Gasteiger partial charge in [-0.25, -0.2) is 14.1 Å². The van der Waals surface area contributed by atoms with Crippen LogP contribution in [0.1, 0.15) is 35.1 Å². The van der Waals surface area contributed by atoms with E-state index in [9.17, 15) is 9.18 Å². The average molecular weight is 429 g/mol. The van der Waals surface area contributed by atoms with Gasteiger partial charge in [0, 0.05) is 28.5 Å². The molecule has 27 heavy (non-hydrogen) atoms. The molecule has 4 rings (SSSR count). The molecule has 7 heteroatoms. The third-order valence-corrected chi connectivity index (χ3v) is 5.22. The van der Waals surface area contributed by atoms with Gasteiger partial charge in [-0.3, -0.25) is 9.69 Å². The molecule has 0 unspecified atom stereocenters. The fraction of sp³-hybridized carbons (Fsp3) is 0.250. The Hall–Kier alpha value is -2.54. The van der Waals surface area contributed by atoms with Gasteiger partial charge in [0.25, 0.3) is 5.91 Å². The summed E-state index contributed by atoms with van der Waals surface area (Å²) in [7, 11) is 0. The zero-order chi connectivity index (χ0) is 19.0. The van der Waals surface area contributed by atoms with Crippen molar-refractivity contribution in [2.45, 2.75) is 26.2 Å². The molecular weight excluding hydrogens is 411 g/mol. The Labute approximate surface area is 165 Å². The number of carbonyl (C=O) groups excluding carboxylic acids is 1. The molecule has 0 aliphatic heterocycles. The fourth-order valence-electron chi connectivity index (χ4n) is 3.47. The first-order chi connectivity index (χ1) is 13.1. The molecule has 0 saturated heterocycles. The van der Waals surface area contributed by atoms with E-state index in [0.717, 1.165) is 40.7 Å². The molecule has 138 valence electrons. The molecule has 1 aromatic carbocycles. The summed E-state index contributed by atoms with van der Waals surface area (Å²) in [5.41, 5.74) is 3.24. The zero-order valence-corrected chi connectivity index (χ0v) is 16.4. The molecule has 1 aliphatic carbocycles. The first kappa shape index (κ1) is 17.9. The molecule has 0 saturated carbocycles. The first-order valence-corrected chi connectivity index (χ1v) is 9.68. The maximum atomic E-state index is 13.3. The summed E-state index contributed by atoms with van der Waals surface area (Å²) in [6, 6.07) is 9.85. The van der Waals surface area contributed by atoms with E-state index in [-0.39, 0.29) is 11.7 Å². The van der Waals surface area contributed by atoms with Crippen LogP contribution in [0.25, 0.3) is 5.69 Å². The third-order valence-electron chi connectivity index (χ3n) is 4.75. The van der Waals surface area contributed by atoms with Crippen molar-refractivity contribution in [3.05, 3.63) is 69.8 Å². The second-order valence-corrected chi connectivity index (χ2v) is 7.32. The van der Waals surface area contributed by atoms with Crippen LogP contribution in [-0.4, -0.2) is 27.2 Å². The highest BCUT2D eigenvalue weighted by Crippen LogP contribution is 2.29. The number of fused-ring (bicyclic) bond motifs is 1. The SMILES string of the molecule is CCN(C(=O)c1nn(-c2ccc(F)cc2)c2c1CCC2)c1ccc(Br)cn1. The number of pyridine rings is 1. The minimum atomic E-state index is -0.294. The largest absolute Gasteiger partial charge is 0.292 e. The molecule has 0 N–H and O–H groups in total. The monoisotopic (exact) mass is 428 g/mol. The highest BCUT2D eigenvalue weighted by molar-refractivity contribution is 9.10. The van der Waals surface area contributed by atoms with Gasteiger partial charge in [-0.05, 0) is 78.5 Å². The molecular formula is C20H18BrFN4O. The van der Waals surface area contributed by atoms with Gasteiger partial charge in [-0.2, -0.15) is 5.10 Å². The van der Waals surface area contributed by atoms with E-state index < -0.39 is 0 Å². The number of hydrogen-bond donors (Lipinski definition) is 0. The highest BCUT2D eigenvalue weighted by atomic mass is 79.9. The van der Waals surface area contributed by atoms with Crippen molar-refractivity contribution in [2.75, 3.05) is 11.4 Å². The van der Waals surface area contributed by atoms with E-state index in [4.69, 9.17) is 0 Å². The standard InChI is InChI=1S/C20H18BrFN4O/c1-2-25(18-11-6-13(21)12-23-18)20(27)19-16-4-3-5-17(16)26(24-19)15-9-7-14(22)8-10-15/h6-12H,2-5H2,1H3. The molecule has 0 bridgehead atoms. The Morgan fingerprint density at radius 1 is 1.22 bits per heavy atom. The van der Waals surface area contributed by atoms with Crippen molar-refractivity contribution in [2.24, 2.45) is 0 Å². The first-order valence-electron chi connectivity index (χ1n) is 8.88. The lowest BCUT2D eigenvalue weighted by atomic mass is 10.2. The molecule has 0 atom stereocenters. The van der Waals surface area contributed by atoms with Crippen LogP contribution >= 0.6 is 15.9 Å². The lowest BCUT2D eigenvalue weighted by Crippen LogP contribution is -2.32. The predicted molar refractivity (Wildman–Crippen MR) is 105 cm³/mol. The van der Waals surface area contributed by atoms with E-state index in [2.05, 4.69) is 26.0 Å². The van der Waals surface area contributed by atoms with Gasteiger partial charge in [0.1, 0.15) is 11.6 Å². The zero-order valence-electron chi connectivity index (χ0n) is 14.8. The fourth-order valence-corrected chi connectivity index (χ4v) is 3.70. The molecule has 2 aromatic heterocycles. The number of nitrogens with zero attached hydrogens (tertiary/aromatic N) is 4. The number of hydrogen-bond acceptors (Lipinski definition) is 3. The van der Waals surface area contributed by atoms with Crippen molar-refractivity contribution in [3.63, 3.8) is 0 Å². The number of benzene rings is 1. The molecule has 5 nitrogen and oxygen atoms in total. The van der Waals surface area contributed by atoms with E-state index in [1.165, 1.54) is 12.1 Å². The summed E-state index contributed by atoms with van der Waals surface area (Å²) < 4.78 is 15.9. The van der Waals surface area contributed by atoms with Crippen LogP contribution in [-0.2, 0) is 12.8 Å². The Morgan fingerprint density at radius 3 is 2.67 bits per heavy atom. The Morgan fingerprint density at radius 2 is 2.00 bits per heavy atom. The molecule has 0 spiro atoms. The van der Waals surface area contributed by atoms with Gasteiger partial charge in [-0.1, -0.05) is 0 Å². The number of halogens is 2. The number of amides is 1. The van der Waals surface area contributed by atoms with Crippen LogP contribution in [0.15, 0.2) is 47.1 Å². The van der Waals surface area contributed by atoms with Gasteiger partial charge in [-0.15, -0.1) is 0 Å². The maximum absolute atomic E-state index is 13.3. The summed E-state index contributed by atoms with van der Waals surface area (Å²) in [4.78, 5) is 19.2. The van der Waals surface area contributed by atoms with E-state index in [0.29, 0.717) is 18.1 Å². The maximum Gasteiger partial charge on any atom is 0.280 e. The van der Waals surface area contributed by atoms with E-state index >= 15 is 0 Å². The number of anilines is 1. The molecule has 3 aromatic rings. The van der Waals surface area contributed by atoms with Gasteiger partial charge in [0.2, 0.25) is 0 Å². The second-order valence-electron chi connectivity index (χ2n) is 6.40. The van der Waals surface area contributed by atoms with Crippen molar-refractivity contribution >= 4 is 27.7 Å². The average Bonchev–Trinajstić information content (AvgIpc) is 3.27. The van der Waals surface area contributed by atoms with Gasteiger partial charge in [0.05, 0.1) is 5.69 Å². The lowest BCUT2D eigenvalue weighted by Gasteiger charge is -2.19. The van der Waals surface area contributed by atoms with Crippen LogP contribution in [0, 0.1) is 5.82 Å². The quantitative estimate of drug-likeness (QED) is 0.621. The summed E-state index contributed by atoms with van der Waals surface area (Å²) in [6.07, 6.45) is 4.34. The minimum absolute atomic E-state index is 0.161. The smallest absolute Gasteiger partial charge is 0.280 e. The highest BCUT2D eigenvalue weighted by Gasteiger charge is 2.30. The summed E-state index contributed by atoms with van der Waals surface area (Å²) in [6.45, 7) is 2.41. The van der Waals surface area contributed by atoms with Crippen LogP contribution in [0.3, 0.4) is 0 Å². The predicted octanol–water partition coefficient (Wildman–Crippen LogP) is 4.32. The summed E-state index contributed by atoms with van der Waals surface area (Å²) >= 11 is 3.36. The van der Waals surface area contributed by atoms with E-state index in [1.54, 1.807) is 27.9 Å². The Bertz CT molecular complexity index is 982. The van der Waals surface area contributed by atoms with E-state index in [1.807, 2.05) is 19.1 Å². The number of carbonyl (C=O) groups is 1. The summed E-state index contributed by atoms with van der Waals surface area (Å²) in [5.74, 6) is 0.137. The van der Waals surface area contributed by atoms with Crippen molar-refractivity contribution in [3.8, 4) is 5.69 Å². The van der Waals surface area contributed by atoms with Crippen molar-refractivity contribution in [1.82, 2.24) is 14.8 Å².